The second-order valence-electron chi connectivity index (χ2n) is 5.71. The van der Waals surface area contributed by atoms with Gasteiger partial charge in [0, 0.05) is 12.3 Å². The molecule has 0 radical (unpaired) electrons. The fraction of sp³-hybridized carbons (Fsp3) is 0.353. The minimum atomic E-state index is -4.64. The van der Waals surface area contributed by atoms with E-state index in [2.05, 4.69) is 16.6 Å². The molecule has 8 heteroatoms. The van der Waals surface area contributed by atoms with Crippen LogP contribution in [0.25, 0.3) is 0 Å². The highest BCUT2D eigenvalue weighted by molar-refractivity contribution is 5.74. The lowest BCUT2D eigenvalue weighted by atomic mass is 10.1. The van der Waals surface area contributed by atoms with Crippen molar-refractivity contribution in [1.29, 1.82) is 0 Å². The number of anilines is 1. The smallest absolute Gasteiger partial charge is 0.272 e. The Morgan fingerprint density at radius 2 is 2.00 bits per heavy atom. The molecule has 1 N–H and O–H groups in total. The summed E-state index contributed by atoms with van der Waals surface area (Å²) in [6.07, 6.45) is 2.37. The van der Waals surface area contributed by atoms with E-state index in [0.717, 1.165) is 30.5 Å². The van der Waals surface area contributed by atoms with Crippen molar-refractivity contribution < 1.29 is 18.1 Å². The van der Waals surface area contributed by atoms with Crippen molar-refractivity contribution in [3.05, 3.63) is 57.2 Å². The number of hydrogen-bond donors (Lipinski definition) is 1. The van der Waals surface area contributed by atoms with Crippen molar-refractivity contribution in [2.45, 2.75) is 39.8 Å². The second-order valence-corrected chi connectivity index (χ2v) is 5.71. The number of nitrogens with zero attached hydrogens (tertiary/aromatic N) is 2. The molecule has 0 aliphatic heterocycles. The van der Waals surface area contributed by atoms with Gasteiger partial charge in [-0.3, -0.25) is 15.5 Å². The van der Waals surface area contributed by atoms with Crippen molar-refractivity contribution in [2.75, 3.05) is 5.43 Å². The Balaban J connectivity index is 2.79. The highest BCUT2D eigenvalue weighted by Crippen LogP contribution is 2.34. The van der Waals surface area contributed by atoms with Gasteiger partial charge in [0.15, 0.2) is 0 Å². The van der Waals surface area contributed by atoms with Gasteiger partial charge in [0.1, 0.15) is 5.69 Å². The zero-order valence-corrected chi connectivity index (χ0v) is 14.2. The summed E-state index contributed by atoms with van der Waals surface area (Å²) in [5, 5.41) is 14.8. The van der Waals surface area contributed by atoms with Crippen LogP contribution in [0.2, 0.25) is 0 Å². The van der Waals surface area contributed by atoms with Crippen LogP contribution >= 0.6 is 0 Å². The van der Waals surface area contributed by atoms with Gasteiger partial charge >= 0.3 is 6.18 Å². The summed E-state index contributed by atoms with van der Waals surface area (Å²) < 4.78 is 37.9. The zero-order valence-electron chi connectivity index (χ0n) is 14.2. The van der Waals surface area contributed by atoms with Gasteiger partial charge in [-0.05, 0) is 51.8 Å². The minimum Gasteiger partial charge on any atom is -0.272 e. The largest absolute Gasteiger partial charge is 0.416 e. The molecule has 0 spiro atoms. The van der Waals surface area contributed by atoms with Crippen LogP contribution in [0.4, 0.5) is 24.5 Å². The maximum Gasteiger partial charge on any atom is 0.416 e. The highest BCUT2D eigenvalue weighted by atomic mass is 19.4. The van der Waals surface area contributed by atoms with Crippen LogP contribution in [-0.2, 0) is 6.18 Å². The molecule has 1 aromatic carbocycles. The van der Waals surface area contributed by atoms with Gasteiger partial charge in [-0.25, -0.2) is 0 Å². The third-order valence-electron chi connectivity index (χ3n) is 3.23. The number of alkyl halides is 3. The van der Waals surface area contributed by atoms with Gasteiger partial charge in [0.25, 0.3) is 5.69 Å². The molecule has 0 atom stereocenters. The second kappa shape index (κ2) is 9.00. The van der Waals surface area contributed by atoms with E-state index in [0.29, 0.717) is 6.07 Å². The van der Waals surface area contributed by atoms with Gasteiger partial charge in [-0.1, -0.05) is 17.2 Å². The molecule has 0 amide bonds. The predicted molar refractivity (Wildman–Crippen MR) is 92.6 cm³/mol. The molecule has 0 fully saturated rings. The van der Waals surface area contributed by atoms with Crippen molar-refractivity contribution in [3.63, 3.8) is 0 Å². The molecule has 0 aromatic heterocycles. The molecular weight excluding hydrogens is 335 g/mol. The number of benzene rings is 1. The molecule has 0 saturated heterocycles. The fourth-order valence-corrected chi connectivity index (χ4v) is 1.90. The average molecular weight is 355 g/mol. The zero-order chi connectivity index (χ0) is 19.0. The Morgan fingerprint density at radius 1 is 1.32 bits per heavy atom. The van der Waals surface area contributed by atoms with Crippen LogP contribution in [0.3, 0.4) is 0 Å². The number of nitro groups is 1. The van der Waals surface area contributed by atoms with Crippen LogP contribution in [0.15, 0.2) is 46.6 Å². The van der Waals surface area contributed by atoms with Crippen molar-refractivity contribution in [2.24, 2.45) is 5.10 Å². The Bertz CT molecular complexity index is 704. The Kier molecular flexibility index (Phi) is 7.35. The number of nitrogens with one attached hydrogen (secondary N) is 1. The van der Waals surface area contributed by atoms with Gasteiger partial charge in [-0.15, -0.1) is 0 Å². The van der Waals surface area contributed by atoms with Crippen molar-refractivity contribution >= 4 is 17.6 Å². The standard InChI is InChI=1S/C17H20F3N3O2/c1-12(2)5-4-6-13(3)9-10-21-22-15-8-7-14(17(18,19)20)11-16(15)23(24)25/h5,7-11,22H,4,6H2,1-3H3. The molecule has 1 aromatic rings. The predicted octanol–water partition coefficient (Wildman–Crippen LogP) is 5.70. The molecule has 1 rings (SSSR count). The van der Waals surface area contributed by atoms with Crippen LogP contribution in [0.1, 0.15) is 39.2 Å². The van der Waals surface area contributed by atoms with Crippen molar-refractivity contribution in [1.82, 2.24) is 0 Å². The Labute approximate surface area is 144 Å². The molecule has 0 unspecified atom stereocenters. The number of halogens is 3. The molecule has 0 bridgehead atoms. The lowest BCUT2D eigenvalue weighted by molar-refractivity contribution is -0.384. The summed E-state index contributed by atoms with van der Waals surface area (Å²) in [6, 6.07) is 2.24. The monoisotopic (exact) mass is 355 g/mol. The molecule has 0 aliphatic rings. The summed E-state index contributed by atoms with van der Waals surface area (Å²) in [4.78, 5) is 10.1. The maximum atomic E-state index is 12.6. The van der Waals surface area contributed by atoms with E-state index in [1.165, 1.54) is 11.8 Å². The Hall–Kier alpha value is -2.64. The lowest BCUT2D eigenvalue weighted by Gasteiger charge is -2.08. The molecule has 5 nitrogen and oxygen atoms in total. The van der Waals surface area contributed by atoms with E-state index in [9.17, 15) is 23.3 Å². The van der Waals surface area contributed by atoms with Crippen LogP contribution < -0.4 is 5.43 Å². The summed E-state index contributed by atoms with van der Waals surface area (Å²) in [5.41, 5.74) is 2.83. The third-order valence-corrected chi connectivity index (χ3v) is 3.23. The van der Waals surface area contributed by atoms with Crippen LogP contribution in [0.5, 0.6) is 0 Å². The third kappa shape index (κ3) is 7.19. The minimum absolute atomic E-state index is 0.107. The van der Waals surface area contributed by atoms with E-state index in [-0.39, 0.29) is 5.69 Å². The van der Waals surface area contributed by atoms with Gasteiger partial charge in [0.2, 0.25) is 0 Å². The SMILES string of the molecule is CC(C)=CCCC(C)=CC=NNc1ccc(C(F)(F)F)cc1[N+](=O)[O-]. The van der Waals surface area contributed by atoms with Gasteiger partial charge in [-0.2, -0.15) is 18.3 Å². The van der Waals surface area contributed by atoms with Gasteiger partial charge < -0.3 is 0 Å². The number of hydrazone groups is 1. The number of allylic oxidation sites excluding steroid dienone is 4. The maximum absolute atomic E-state index is 12.6. The van der Waals surface area contributed by atoms with E-state index >= 15 is 0 Å². The van der Waals surface area contributed by atoms with Crippen molar-refractivity contribution in [3.8, 4) is 0 Å². The molecule has 0 heterocycles. The quantitative estimate of drug-likeness (QED) is 0.295. The number of rotatable bonds is 7. The summed E-state index contributed by atoms with van der Waals surface area (Å²) in [6.45, 7) is 5.95. The van der Waals surface area contributed by atoms with Crippen LogP contribution in [0, 0.1) is 10.1 Å². The first-order chi connectivity index (χ1) is 11.6. The molecular formula is C17H20F3N3O2. The topological polar surface area (TPSA) is 67.5 Å². The van der Waals surface area contributed by atoms with Gasteiger partial charge in [0.05, 0.1) is 10.5 Å². The van der Waals surface area contributed by atoms with E-state index in [1.54, 1.807) is 6.08 Å². The average Bonchev–Trinajstić information content (AvgIpc) is 2.50. The molecule has 0 aliphatic carbocycles. The highest BCUT2D eigenvalue weighted by Gasteiger charge is 2.33. The van der Waals surface area contributed by atoms with E-state index in [4.69, 9.17) is 0 Å². The summed E-state index contributed by atoms with van der Waals surface area (Å²) in [7, 11) is 0. The summed E-state index contributed by atoms with van der Waals surface area (Å²) >= 11 is 0. The first-order valence-corrected chi connectivity index (χ1v) is 7.55. The first kappa shape index (κ1) is 20.4. The normalized spacial score (nSPS) is 12.3. The van der Waals surface area contributed by atoms with E-state index < -0.39 is 22.4 Å². The first-order valence-electron chi connectivity index (χ1n) is 7.55. The van der Waals surface area contributed by atoms with E-state index in [1.807, 2.05) is 20.8 Å². The molecule has 25 heavy (non-hydrogen) atoms. The molecule has 136 valence electrons. The van der Waals surface area contributed by atoms with Crippen LogP contribution in [-0.4, -0.2) is 11.1 Å². The molecule has 0 saturated carbocycles. The fourth-order valence-electron chi connectivity index (χ4n) is 1.90. The lowest BCUT2D eigenvalue weighted by Crippen LogP contribution is -2.06. The number of nitro benzene ring substituents is 1. The number of hydrogen-bond acceptors (Lipinski definition) is 4. The summed E-state index contributed by atoms with van der Waals surface area (Å²) in [5.74, 6) is 0. The Morgan fingerprint density at radius 3 is 2.56 bits per heavy atom.